The van der Waals surface area contributed by atoms with E-state index < -0.39 is 0 Å². The number of aliphatic hydroxyl groups excluding tert-OH is 2. The number of hydrogen-bond acceptors (Lipinski definition) is 6. The molecule has 1 aliphatic rings. The molecule has 5 atom stereocenters. The van der Waals surface area contributed by atoms with Crippen LogP contribution in [0.3, 0.4) is 0 Å². The summed E-state index contributed by atoms with van der Waals surface area (Å²) in [5.74, 6) is 0. The Morgan fingerprint density at radius 3 is 1.90 bits per heavy atom. The number of hydrogen-bond donors (Lipinski definition) is 2. The maximum atomic E-state index is 10.5. The molecule has 1 saturated heterocycles. The van der Waals surface area contributed by atoms with Gasteiger partial charge in [-0.25, -0.2) is 0 Å². The van der Waals surface area contributed by atoms with Crippen LogP contribution in [-0.4, -0.2) is 61.9 Å². The van der Waals surface area contributed by atoms with E-state index in [9.17, 15) is 10.2 Å². The summed E-state index contributed by atoms with van der Waals surface area (Å²) in [6.07, 6.45) is 12.3. The fraction of sp³-hybridized carbons (Fsp3) is 1.00. The molecule has 6 nitrogen and oxygen atoms in total. The van der Waals surface area contributed by atoms with Crippen LogP contribution in [0.4, 0.5) is 0 Å². The highest BCUT2D eigenvalue weighted by Crippen LogP contribution is 2.31. The minimum atomic E-state index is -0.349. The third-order valence-corrected chi connectivity index (χ3v) is 7.60. The van der Waals surface area contributed by atoms with Crippen LogP contribution in [0.1, 0.15) is 152 Å². The van der Waals surface area contributed by atoms with Crippen molar-refractivity contribution in [1.82, 2.24) is 0 Å². The lowest BCUT2D eigenvalue weighted by atomic mass is 9.82. The van der Waals surface area contributed by atoms with Crippen molar-refractivity contribution < 1.29 is 29.2 Å². The lowest BCUT2D eigenvalue weighted by Crippen LogP contribution is -2.30. The second-order valence-corrected chi connectivity index (χ2v) is 11.9. The van der Waals surface area contributed by atoms with Crippen LogP contribution in [0.5, 0.6) is 0 Å². The summed E-state index contributed by atoms with van der Waals surface area (Å²) in [7, 11) is 1.70. The smallest absolute Gasteiger partial charge is 0.157 e. The maximum Gasteiger partial charge on any atom is 0.157 e. The summed E-state index contributed by atoms with van der Waals surface area (Å²) >= 11 is 0. The van der Waals surface area contributed by atoms with Gasteiger partial charge in [-0.05, 0) is 81.5 Å². The predicted molar refractivity (Wildman–Crippen MR) is 165 cm³/mol. The van der Waals surface area contributed by atoms with Crippen molar-refractivity contribution in [3.8, 4) is 0 Å². The molecule has 1 rings (SSSR count). The first-order valence-electron chi connectivity index (χ1n) is 16.4. The van der Waals surface area contributed by atoms with Gasteiger partial charge in [-0.1, -0.05) is 81.6 Å². The van der Waals surface area contributed by atoms with E-state index in [2.05, 4.69) is 34.6 Å². The molecule has 2 N–H and O–H groups in total. The molecule has 5 unspecified atom stereocenters. The largest absolute Gasteiger partial charge is 0.393 e. The van der Waals surface area contributed by atoms with Crippen LogP contribution in [0.15, 0.2) is 0 Å². The van der Waals surface area contributed by atoms with Crippen molar-refractivity contribution in [3.05, 3.63) is 0 Å². The first-order chi connectivity index (χ1) is 18.6. The van der Waals surface area contributed by atoms with Crippen LogP contribution in [0.2, 0.25) is 0 Å². The molecular weight excluding hydrogens is 492 g/mol. The van der Waals surface area contributed by atoms with Crippen molar-refractivity contribution >= 4 is 0 Å². The Kier molecular flexibility index (Phi) is 26.7. The molecule has 39 heavy (non-hydrogen) atoms. The summed E-state index contributed by atoms with van der Waals surface area (Å²) in [6, 6.07) is 0. The van der Waals surface area contributed by atoms with E-state index in [4.69, 9.17) is 18.9 Å². The fourth-order valence-corrected chi connectivity index (χ4v) is 4.64. The second kappa shape index (κ2) is 25.5. The standard InChI is InChI=1S/C29H58O6.2C2H6/c1-7-13-26(32-6)34-22-28(3,4)19-11-14-24(30)17-18-25(31)15-12-20-29(5,8-2)23-35-27-16-9-10-21-33-27;2*1-2/h24-27,30-31H,7-23H2,1-6H3;2*1-2H3. The summed E-state index contributed by atoms with van der Waals surface area (Å²) in [4.78, 5) is 0. The Hall–Kier alpha value is -0.240. The molecule has 0 bridgehead atoms. The summed E-state index contributed by atoms with van der Waals surface area (Å²) in [5, 5.41) is 20.9. The summed E-state index contributed by atoms with van der Waals surface area (Å²) < 4.78 is 23.0. The van der Waals surface area contributed by atoms with E-state index in [0.29, 0.717) is 19.4 Å². The Morgan fingerprint density at radius 2 is 1.41 bits per heavy atom. The molecule has 6 heteroatoms. The molecule has 1 fully saturated rings. The van der Waals surface area contributed by atoms with Crippen molar-refractivity contribution in [2.24, 2.45) is 10.8 Å². The van der Waals surface area contributed by atoms with Crippen LogP contribution < -0.4 is 0 Å². The highest BCUT2D eigenvalue weighted by atomic mass is 16.7. The highest BCUT2D eigenvalue weighted by Gasteiger charge is 2.26. The summed E-state index contributed by atoms with van der Waals surface area (Å²) in [5.41, 5.74) is 0.179. The SMILES string of the molecule is CC.CC.CCCC(OC)OCC(C)(C)CCCC(O)CCC(O)CCCC(C)(CC)COC1CCCCO1. The first kappa shape index (κ1) is 40.9. The Labute approximate surface area is 243 Å². The van der Waals surface area contributed by atoms with Gasteiger partial charge in [-0.15, -0.1) is 0 Å². The zero-order valence-corrected chi connectivity index (χ0v) is 27.9. The molecule has 0 aliphatic carbocycles. The monoisotopic (exact) mass is 563 g/mol. The van der Waals surface area contributed by atoms with E-state index in [1.165, 1.54) is 6.42 Å². The minimum absolute atomic E-state index is 0.0388. The summed E-state index contributed by atoms with van der Waals surface area (Å²) in [6.45, 7) is 21.2. The zero-order chi connectivity index (χ0) is 30.2. The third kappa shape index (κ3) is 22.1. The van der Waals surface area contributed by atoms with E-state index in [1.54, 1.807) is 7.11 Å². The molecule has 0 saturated carbocycles. The van der Waals surface area contributed by atoms with Crippen LogP contribution in [0.25, 0.3) is 0 Å². The van der Waals surface area contributed by atoms with Gasteiger partial charge in [-0.3, -0.25) is 0 Å². The predicted octanol–water partition coefficient (Wildman–Crippen LogP) is 8.66. The topological polar surface area (TPSA) is 77.4 Å². The van der Waals surface area contributed by atoms with Gasteiger partial charge in [-0.2, -0.15) is 0 Å². The van der Waals surface area contributed by atoms with Crippen LogP contribution in [-0.2, 0) is 18.9 Å². The maximum absolute atomic E-state index is 10.5. The van der Waals surface area contributed by atoms with Gasteiger partial charge >= 0.3 is 0 Å². The fourth-order valence-electron chi connectivity index (χ4n) is 4.64. The van der Waals surface area contributed by atoms with Crippen molar-refractivity contribution in [1.29, 1.82) is 0 Å². The number of aliphatic hydroxyl groups is 2. The normalized spacial score (nSPS) is 19.5. The van der Waals surface area contributed by atoms with Crippen molar-refractivity contribution in [2.75, 3.05) is 26.9 Å². The minimum Gasteiger partial charge on any atom is -0.393 e. The van der Waals surface area contributed by atoms with Gasteiger partial charge in [0.1, 0.15) is 0 Å². The number of rotatable bonds is 21. The molecule has 0 spiro atoms. The van der Waals surface area contributed by atoms with Gasteiger partial charge in [0.05, 0.1) is 25.4 Å². The Morgan fingerprint density at radius 1 is 0.821 bits per heavy atom. The molecule has 0 aromatic heterocycles. The molecule has 0 aromatic carbocycles. The van der Waals surface area contributed by atoms with Crippen molar-refractivity contribution in [3.63, 3.8) is 0 Å². The van der Waals surface area contributed by atoms with E-state index in [1.807, 2.05) is 27.7 Å². The quantitative estimate of drug-likeness (QED) is 0.136. The van der Waals surface area contributed by atoms with E-state index in [0.717, 1.165) is 83.8 Å². The highest BCUT2D eigenvalue weighted by molar-refractivity contribution is 4.75. The Balaban J connectivity index is 0. The average molecular weight is 563 g/mol. The van der Waals surface area contributed by atoms with Gasteiger partial charge in [0.2, 0.25) is 0 Å². The lowest BCUT2D eigenvalue weighted by Gasteiger charge is -2.32. The van der Waals surface area contributed by atoms with Gasteiger partial charge in [0.25, 0.3) is 0 Å². The van der Waals surface area contributed by atoms with Gasteiger partial charge in [0, 0.05) is 13.7 Å². The van der Waals surface area contributed by atoms with E-state index >= 15 is 0 Å². The molecule has 0 aromatic rings. The zero-order valence-electron chi connectivity index (χ0n) is 27.9. The molecule has 1 heterocycles. The van der Waals surface area contributed by atoms with Gasteiger partial charge in [0.15, 0.2) is 12.6 Å². The lowest BCUT2D eigenvalue weighted by molar-refractivity contribution is -0.178. The molecular formula is C33H70O6. The number of methoxy groups -OCH3 is 1. The van der Waals surface area contributed by atoms with Crippen LogP contribution in [0, 0.1) is 10.8 Å². The molecule has 0 amide bonds. The van der Waals surface area contributed by atoms with Crippen molar-refractivity contribution in [2.45, 2.75) is 177 Å². The number of ether oxygens (including phenoxy) is 4. The average Bonchev–Trinajstić information content (AvgIpc) is 2.95. The first-order valence-corrected chi connectivity index (χ1v) is 16.4. The molecule has 0 radical (unpaired) electrons. The molecule has 1 aliphatic heterocycles. The Bertz CT molecular complexity index is 508. The van der Waals surface area contributed by atoms with E-state index in [-0.39, 0.29) is 35.6 Å². The third-order valence-electron chi connectivity index (χ3n) is 7.60. The van der Waals surface area contributed by atoms with Gasteiger partial charge < -0.3 is 29.2 Å². The molecule has 238 valence electrons. The second-order valence-electron chi connectivity index (χ2n) is 11.9. The van der Waals surface area contributed by atoms with Crippen LogP contribution >= 0.6 is 0 Å².